The van der Waals surface area contributed by atoms with E-state index in [9.17, 15) is 13.2 Å². The summed E-state index contributed by atoms with van der Waals surface area (Å²) >= 11 is 3.25. The summed E-state index contributed by atoms with van der Waals surface area (Å²) in [6, 6.07) is 9.04. The van der Waals surface area contributed by atoms with Crippen molar-refractivity contribution < 1.29 is 13.2 Å². The molecular weight excluding hydrogens is 358 g/mol. The molecule has 2 N–H and O–H groups in total. The SMILES string of the molecule is CN(C(=O)c1ccc(Br)cn1)c1ccc(S(N)(=O)=O)cc1. The Balaban J connectivity index is 2.25. The topological polar surface area (TPSA) is 93.4 Å². The van der Waals surface area contributed by atoms with Gasteiger partial charge in [-0.3, -0.25) is 4.79 Å². The Bertz CT molecular complexity index is 758. The fourth-order valence-corrected chi connectivity index (χ4v) is 2.40. The molecule has 0 spiro atoms. The van der Waals surface area contributed by atoms with E-state index < -0.39 is 10.0 Å². The summed E-state index contributed by atoms with van der Waals surface area (Å²) in [4.78, 5) is 17.6. The van der Waals surface area contributed by atoms with Crippen molar-refractivity contribution in [2.75, 3.05) is 11.9 Å². The van der Waals surface area contributed by atoms with Crippen molar-refractivity contribution >= 4 is 37.5 Å². The average Bonchev–Trinajstić information content (AvgIpc) is 2.46. The maximum Gasteiger partial charge on any atom is 0.276 e. The van der Waals surface area contributed by atoms with Crippen molar-refractivity contribution in [3.63, 3.8) is 0 Å². The lowest BCUT2D eigenvalue weighted by Crippen LogP contribution is -2.27. The van der Waals surface area contributed by atoms with Crippen molar-refractivity contribution in [2.24, 2.45) is 5.14 Å². The Morgan fingerprint density at radius 1 is 1.19 bits per heavy atom. The van der Waals surface area contributed by atoms with Crippen LogP contribution in [-0.2, 0) is 10.0 Å². The average molecular weight is 370 g/mol. The molecule has 1 heterocycles. The number of rotatable bonds is 3. The molecule has 2 aromatic rings. The van der Waals surface area contributed by atoms with Gasteiger partial charge < -0.3 is 4.90 Å². The molecule has 0 fully saturated rings. The molecule has 0 unspecified atom stereocenters. The molecule has 1 aromatic carbocycles. The van der Waals surface area contributed by atoms with Gasteiger partial charge in [-0.05, 0) is 52.3 Å². The van der Waals surface area contributed by atoms with Gasteiger partial charge in [0, 0.05) is 23.4 Å². The number of pyridine rings is 1. The number of halogens is 1. The largest absolute Gasteiger partial charge is 0.310 e. The Morgan fingerprint density at radius 3 is 2.29 bits per heavy atom. The summed E-state index contributed by atoms with van der Waals surface area (Å²) in [6.45, 7) is 0. The maximum atomic E-state index is 12.2. The lowest BCUT2D eigenvalue weighted by Gasteiger charge is -2.17. The van der Waals surface area contributed by atoms with Crippen molar-refractivity contribution in [1.29, 1.82) is 0 Å². The zero-order valence-corrected chi connectivity index (χ0v) is 13.4. The summed E-state index contributed by atoms with van der Waals surface area (Å²) in [5.74, 6) is -0.300. The van der Waals surface area contributed by atoms with E-state index in [2.05, 4.69) is 20.9 Å². The molecule has 110 valence electrons. The Hall–Kier alpha value is -1.77. The Kier molecular flexibility index (Phi) is 4.40. The number of carbonyl (C=O) groups is 1. The predicted molar refractivity (Wildman–Crippen MR) is 82.5 cm³/mol. The molecule has 1 aromatic heterocycles. The second-order valence-corrected chi connectivity index (χ2v) is 6.74. The highest BCUT2D eigenvalue weighted by atomic mass is 79.9. The first-order valence-electron chi connectivity index (χ1n) is 5.81. The van der Waals surface area contributed by atoms with Gasteiger partial charge in [0.1, 0.15) is 5.69 Å². The lowest BCUT2D eigenvalue weighted by molar-refractivity contribution is 0.0988. The van der Waals surface area contributed by atoms with E-state index in [4.69, 9.17) is 5.14 Å². The second-order valence-electron chi connectivity index (χ2n) is 4.26. The van der Waals surface area contributed by atoms with Crippen molar-refractivity contribution in [3.05, 3.63) is 52.8 Å². The number of nitrogens with zero attached hydrogens (tertiary/aromatic N) is 2. The number of hydrogen-bond donors (Lipinski definition) is 1. The molecule has 21 heavy (non-hydrogen) atoms. The van der Waals surface area contributed by atoms with E-state index in [1.807, 2.05) is 0 Å². The predicted octanol–water partition coefficient (Wildman–Crippen LogP) is 1.77. The summed E-state index contributed by atoms with van der Waals surface area (Å²) in [7, 11) is -2.16. The lowest BCUT2D eigenvalue weighted by atomic mass is 10.2. The van der Waals surface area contributed by atoms with E-state index in [1.165, 1.54) is 35.4 Å². The number of benzene rings is 1. The number of anilines is 1. The summed E-state index contributed by atoms with van der Waals surface area (Å²) in [6.07, 6.45) is 1.53. The van der Waals surface area contributed by atoms with Gasteiger partial charge in [-0.1, -0.05) is 0 Å². The first-order chi connectivity index (χ1) is 9.79. The molecule has 0 saturated heterocycles. The van der Waals surface area contributed by atoms with Gasteiger partial charge in [0.05, 0.1) is 4.90 Å². The molecule has 0 atom stereocenters. The highest BCUT2D eigenvalue weighted by Gasteiger charge is 2.15. The third-order valence-corrected chi connectivity index (χ3v) is 4.20. The molecule has 0 aliphatic rings. The zero-order valence-electron chi connectivity index (χ0n) is 11.0. The van der Waals surface area contributed by atoms with Crippen LogP contribution in [0.15, 0.2) is 52.0 Å². The van der Waals surface area contributed by atoms with Crippen LogP contribution in [0, 0.1) is 0 Å². The van der Waals surface area contributed by atoms with Crippen LogP contribution < -0.4 is 10.0 Å². The molecular formula is C13H12BrN3O3S. The minimum atomic E-state index is -3.74. The molecule has 1 amide bonds. The van der Waals surface area contributed by atoms with Gasteiger partial charge in [0.2, 0.25) is 10.0 Å². The highest BCUT2D eigenvalue weighted by Crippen LogP contribution is 2.18. The van der Waals surface area contributed by atoms with Crippen LogP contribution in [0.4, 0.5) is 5.69 Å². The number of amides is 1. The van der Waals surface area contributed by atoms with E-state index in [0.717, 1.165) is 4.47 Å². The molecule has 0 saturated carbocycles. The highest BCUT2D eigenvalue weighted by molar-refractivity contribution is 9.10. The van der Waals surface area contributed by atoms with E-state index in [0.29, 0.717) is 5.69 Å². The third-order valence-electron chi connectivity index (χ3n) is 2.80. The minimum Gasteiger partial charge on any atom is -0.310 e. The number of aromatic nitrogens is 1. The van der Waals surface area contributed by atoms with E-state index in [-0.39, 0.29) is 16.5 Å². The van der Waals surface area contributed by atoms with Crippen molar-refractivity contribution in [1.82, 2.24) is 4.98 Å². The maximum absolute atomic E-state index is 12.2. The monoisotopic (exact) mass is 369 g/mol. The van der Waals surface area contributed by atoms with Crippen LogP contribution in [0.5, 0.6) is 0 Å². The first-order valence-corrected chi connectivity index (χ1v) is 8.15. The van der Waals surface area contributed by atoms with Crippen molar-refractivity contribution in [2.45, 2.75) is 4.90 Å². The van der Waals surface area contributed by atoms with E-state index >= 15 is 0 Å². The number of primary sulfonamides is 1. The van der Waals surface area contributed by atoms with Crippen LogP contribution in [0.25, 0.3) is 0 Å². The van der Waals surface area contributed by atoms with Crippen molar-refractivity contribution in [3.8, 4) is 0 Å². The van der Waals surface area contributed by atoms with Crippen LogP contribution >= 0.6 is 15.9 Å². The van der Waals surface area contributed by atoms with Gasteiger partial charge in [0.25, 0.3) is 5.91 Å². The van der Waals surface area contributed by atoms with Crippen LogP contribution in [0.1, 0.15) is 10.5 Å². The quantitative estimate of drug-likeness (QED) is 0.891. The molecule has 0 bridgehead atoms. The van der Waals surface area contributed by atoms with E-state index in [1.54, 1.807) is 19.2 Å². The normalized spacial score (nSPS) is 11.2. The summed E-state index contributed by atoms with van der Waals surface area (Å²) < 4.78 is 23.1. The Labute approximate surface area is 130 Å². The van der Waals surface area contributed by atoms with Gasteiger partial charge >= 0.3 is 0 Å². The molecule has 2 rings (SSSR count). The standard InChI is InChI=1S/C13H12BrN3O3S/c1-17(13(18)12-7-2-9(14)8-16-12)10-3-5-11(6-4-10)21(15,19)20/h2-8H,1H3,(H2,15,19,20). The number of sulfonamides is 1. The van der Waals surface area contributed by atoms with Crippen LogP contribution in [0.2, 0.25) is 0 Å². The molecule has 0 aliphatic carbocycles. The van der Waals surface area contributed by atoms with Crippen LogP contribution in [-0.4, -0.2) is 26.4 Å². The zero-order chi connectivity index (χ0) is 15.6. The number of hydrogen-bond acceptors (Lipinski definition) is 4. The number of carbonyl (C=O) groups excluding carboxylic acids is 1. The minimum absolute atomic E-state index is 0.00568. The van der Waals surface area contributed by atoms with Gasteiger partial charge in [-0.25, -0.2) is 18.5 Å². The van der Waals surface area contributed by atoms with Gasteiger partial charge in [0.15, 0.2) is 0 Å². The fraction of sp³-hybridized carbons (Fsp3) is 0.0769. The smallest absolute Gasteiger partial charge is 0.276 e. The number of nitrogens with two attached hydrogens (primary N) is 1. The third kappa shape index (κ3) is 3.66. The summed E-state index contributed by atoms with van der Waals surface area (Å²) in [5.41, 5.74) is 0.827. The molecule has 8 heteroatoms. The van der Waals surface area contributed by atoms with Gasteiger partial charge in [-0.15, -0.1) is 0 Å². The molecule has 6 nitrogen and oxygen atoms in total. The first kappa shape index (κ1) is 15.6. The molecule has 0 aliphatic heterocycles. The van der Waals surface area contributed by atoms with Crippen LogP contribution in [0.3, 0.4) is 0 Å². The van der Waals surface area contributed by atoms with Gasteiger partial charge in [-0.2, -0.15) is 0 Å². The summed E-state index contributed by atoms with van der Waals surface area (Å²) in [5, 5.41) is 5.03. The second kappa shape index (κ2) is 5.92. The fourth-order valence-electron chi connectivity index (χ4n) is 1.65. The Morgan fingerprint density at radius 2 is 1.81 bits per heavy atom. The molecule has 0 radical (unpaired) electrons.